The van der Waals surface area contributed by atoms with E-state index in [2.05, 4.69) is 0 Å². The molecule has 0 aliphatic heterocycles. The van der Waals surface area contributed by atoms with Crippen molar-refractivity contribution in [2.75, 3.05) is 7.11 Å². The number of hydrogen-bond acceptors (Lipinski definition) is 4. The minimum atomic E-state index is -3.50. The molecule has 128 valence electrons. The van der Waals surface area contributed by atoms with E-state index in [0.717, 1.165) is 11.3 Å². The smallest absolute Gasteiger partial charge is 0.206 e. The lowest BCUT2D eigenvalue weighted by Crippen LogP contribution is -2.02. The Morgan fingerprint density at radius 2 is 1.44 bits per heavy atom. The Bertz CT molecular complexity index is 933. The van der Waals surface area contributed by atoms with E-state index in [-0.39, 0.29) is 9.79 Å². The van der Waals surface area contributed by atoms with Gasteiger partial charge in [-0.1, -0.05) is 30.3 Å². The summed E-state index contributed by atoms with van der Waals surface area (Å²) in [4.78, 5) is 0.521. The average Bonchev–Trinajstić information content (AvgIpc) is 2.67. The summed E-state index contributed by atoms with van der Waals surface area (Å²) in [5.41, 5.74) is 0.973. The van der Waals surface area contributed by atoms with Crippen molar-refractivity contribution in [1.29, 1.82) is 0 Å². The Balaban J connectivity index is 1.72. The topological polar surface area (TPSA) is 52.6 Å². The third-order valence-electron chi connectivity index (χ3n) is 3.73. The van der Waals surface area contributed by atoms with Crippen LogP contribution in [-0.2, 0) is 16.4 Å². The molecule has 5 heteroatoms. The van der Waals surface area contributed by atoms with Crippen LogP contribution in [0.15, 0.2) is 88.7 Å². The van der Waals surface area contributed by atoms with Gasteiger partial charge < -0.3 is 9.47 Å². The van der Waals surface area contributed by atoms with Gasteiger partial charge in [-0.25, -0.2) is 8.42 Å². The van der Waals surface area contributed by atoms with Gasteiger partial charge in [-0.05, 0) is 54.1 Å². The second kappa shape index (κ2) is 7.40. The van der Waals surface area contributed by atoms with E-state index in [1.165, 1.54) is 0 Å². The largest absolute Gasteiger partial charge is 0.497 e. The quantitative estimate of drug-likeness (QED) is 0.668. The van der Waals surface area contributed by atoms with Crippen LogP contribution in [0.5, 0.6) is 11.5 Å². The molecular weight excluding hydrogens is 336 g/mol. The predicted octanol–water partition coefficient (Wildman–Crippen LogP) is 4.11. The molecule has 0 unspecified atom stereocenters. The van der Waals surface area contributed by atoms with E-state index in [4.69, 9.17) is 9.47 Å². The highest BCUT2D eigenvalue weighted by Gasteiger charge is 2.16. The van der Waals surface area contributed by atoms with Gasteiger partial charge in [-0.3, -0.25) is 0 Å². The van der Waals surface area contributed by atoms with Gasteiger partial charge in [-0.2, -0.15) is 0 Å². The van der Waals surface area contributed by atoms with Gasteiger partial charge in [-0.15, -0.1) is 0 Å². The highest BCUT2D eigenvalue weighted by atomic mass is 32.2. The molecule has 0 aromatic heterocycles. The lowest BCUT2D eigenvalue weighted by atomic mass is 10.2. The summed E-state index contributed by atoms with van der Waals surface area (Å²) in [6.07, 6.45) is 0. The number of methoxy groups -OCH3 is 1. The maximum absolute atomic E-state index is 12.5. The zero-order valence-electron chi connectivity index (χ0n) is 13.8. The SMILES string of the molecule is COc1cccc(COc2ccc(S(=O)(=O)c3ccccc3)cc2)c1. The van der Waals surface area contributed by atoms with E-state index in [0.29, 0.717) is 12.4 Å². The van der Waals surface area contributed by atoms with E-state index in [1.54, 1.807) is 61.7 Å². The maximum atomic E-state index is 12.5. The van der Waals surface area contributed by atoms with Gasteiger partial charge in [0.15, 0.2) is 0 Å². The molecule has 0 amide bonds. The zero-order chi connectivity index (χ0) is 17.7. The lowest BCUT2D eigenvalue weighted by molar-refractivity contribution is 0.305. The van der Waals surface area contributed by atoms with Gasteiger partial charge in [0.1, 0.15) is 18.1 Å². The summed E-state index contributed by atoms with van der Waals surface area (Å²) in [6.45, 7) is 0.377. The first-order valence-corrected chi connectivity index (χ1v) is 9.24. The fourth-order valence-electron chi connectivity index (χ4n) is 2.38. The summed E-state index contributed by atoms with van der Waals surface area (Å²) in [5.74, 6) is 1.38. The van der Waals surface area contributed by atoms with Crippen LogP contribution in [-0.4, -0.2) is 15.5 Å². The van der Waals surface area contributed by atoms with Crippen LogP contribution < -0.4 is 9.47 Å². The molecule has 0 atom stereocenters. The molecule has 4 nitrogen and oxygen atoms in total. The number of benzene rings is 3. The molecule has 3 rings (SSSR count). The molecule has 0 spiro atoms. The van der Waals surface area contributed by atoms with Crippen molar-refractivity contribution in [1.82, 2.24) is 0 Å². The molecule has 3 aromatic carbocycles. The number of hydrogen-bond donors (Lipinski definition) is 0. The second-order valence-electron chi connectivity index (χ2n) is 5.43. The predicted molar refractivity (Wildman–Crippen MR) is 95.7 cm³/mol. The Morgan fingerprint density at radius 3 is 2.12 bits per heavy atom. The molecule has 25 heavy (non-hydrogen) atoms. The minimum absolute atomic E-state index is 0.243. The normalized spacial score (nSPS) is 11.1. The van der Waals surface area contributed by atoms with Gasteiger partial charge in [0.05, 0.1) is 16.9 Å². The highest BCUT2D eigenvalue weighted by Crippen LogP contribution is 2.23. The molecule has 0 saturated heterocycles. The Hall–Kier alpha value is -2.79. The van der Waals surface area contributed by atoms with Gasteiger partial charge in [0.25, 0.3) is 0 Å². The average molecular weight is 354 g/mol. The molecule has 0 aliphatic carbocycles. The Labute approximate surface area is 147 Å². The summed E-state index contributed by atoms with van der Waals surface area (Å²) in [6, 6.07) is 22.4. The fourth-order valence-corrected chi connectivity index (χ4v) is 3.66. The van der Waals surface area contributed by atoms with Crippen molar-refractivity contribution in [3.05, 3.63) is 84.4 Å². The van der Waals surface area contributed by atoms with Crippen molar-refractivity contribution in [3.63, 3.8) is 0 Å². The van der Waals surface area contributed by atoms with Crippen molar-refractivity contribution >= 4 is 9.84 Å². The first-order chi connectivity index (χ1) is 12.1. The molecule has 0 bridgehead atoms. The zero-order valence-corrected chi connectivity index (χ0v) is 14.6. The third kappa shape index (κ3) is 4.00. The van der Waals surface area contributed by atoms with E-state index in [9.17, 15) is 8.42 Å². The van der Waals surface area contributed by atoms with Crippen molar-refractivity contribution in [2.24, 2.45) is 0 Å². The fraction of sp³-hybridized carbons (Fsp3) is 0.100. The molecule has 0 saturated carbocycles. The second-order valence-corrected chi connectivity index (χ2v) is 7.38. The molecule has 0 aliphatic rings. The van der Waals surface area contributed by atoms with Crippen LogP contribution in [0.4, 0.5) is 0 Å². The third-order valence-corrected chi connectivity index (χ3v) is 5.51. The van der Waals surface area contributed by atoms with Crippen LogP contribution in [0, 0.1) is 0 Å². The monoisotopic (exact) mass is 354 g/mol. The lowest BCUT2D eigenvalue weighted by Gasteiger charge is -2.09. The Morgan fingerprint density at radius 1 is 0.760 bits per heavy atom. The maximum Gasteiger partial charge on any atom is 0.206 e. The van der Waals surface area contributed by atoms with Crippen LogP contribution >= 0.6 is 0 Å². The molecule has 0 fully saturated rings. The van der Waals surface area contributed by atoms with Crippen LogP contribution in [0.1, 0.15) is 5.56 Å². The molecular formula is C20H18O4S. The van der Waals surface area contributed by atoms with Crippen molar-refractivity contribution < 1.29 is 17.9 Å². The standard InChI is InChI=1S/C20H18O4S/c1-23-18-7-5-6-16(14-18)15-24-17-10-12-20(13-11-17)25(21,22)19-8-3-2-4-9-19/h2-14H,15H2,1H3. The van der Waals surface area contributed by atoms with Crippen molar-refractivity contribution in [2.45, 2.75) is 16.4 Å². The van der Waals surface area contributed by atoms with Gasteiger partial charge in [0, 0.05) is 0 Å². The van der Waals surface area contributed by atoms with Crippen LogP contribution in [0.2, 0.25) is 0 Å². The number of rotatable bonds is 6. The van der Waals surface area contributed by atoms with Gasteiger partial charge in [0.2, 0.25) is 9.84 Å². The summed E-state index contributed by atoms with van der Waals surface area (Å²) >= 11 is 0. The first-order valence-electron chi connectivity index (χ1n) is 7.75. The molecule has 0 N–H and O–H groups in total. The van der Waals surface area contributed by atoms with Crippen molar-refractivity contribution in [3.8, 4) is 11.5 Å². The van der Waals surface area contributed by atoms with Crippen LogP contribution in [0.3, 0.4) is 0 Å². The summed E-state index contributed by atoms with van der Waals surface area (Å²) in [7, 11) is -1.89. The number of sulfone groups is 1. The Kier molecular flexibility index (Phi) is 5.05. The molecule has 3 aromatic rings. The van der Waals surface area contributed by atoms with E-state index >= 15 is 0 Å². The van der Waals surface area contributed by atoms with Crippen LogP contribution in [0.25, 0.3) is 0 Å². The summed E-state index contributed by atoms with van der Waals surface area (Å²) < 4.78 is 36.0. The first kappa shape index (κ1) is 17.0. The number of ether oxygens (including phenoxy) is 2. The van der Waals surface area contributed by atoms with E-state index in [1.807, 2.05) is 24.3 Å². The van der Waals surface area contributed by atoms with E-state index < -0.39 is 9.84 Å². The molecule has 0 heterocycles. The molecule has 0 radical (unpaired) electrons. The summed E-state index contributed by atoms with van der Waals surface area (Å²) in [5, 5.41) is 0. The van der Waals surface area contributed by atoms with Gasteiger partial charge >= 0.3 is 0 Å². The minimum Gasteiger partial charge on any atom is -0.497 e. The highest BCUT2D eigenvalue weighted by molar-refractivity contribution is 7.91.